The van der Waals surface area contributed by atoms with Gasteiger partial charge in [0.1, 0.15) is 0 Å². The predicted octanol–water partition coefficient (Wildman–Crippen LogP) is 3.47. The minimum Gasteiger partial charge on any atom is -0.465 e. The molecule has 0 aliphatic heterocycles. The minimum absolute atomic E-state index is 0.0960. The number of carbonyl (C=O) groups excluding carboxylic acids is 3. The zero-order valence-corrected chi connectivity index (χ0v) is 19.7. The van der Waals surface area contributed by atoms with Crippen molar-refractivity contribution in [3.05, 3.63) is 84.2 Å². The van der Waals surface area contributed by atoms with Crippen LogP contribution in [0, 0.1) is 0 Å². The zero-order chi connectivity index (χ0) is 24.5. The summed E-state index contributed by atoms with van der Waals surface area (Å²) in [5, 5.41) is 14.7. The van der Waals surface area contributed by atoms with Gasteiger partial charge in [-0.25, -0.2) is 4.79 Å². The van der Waals surface area contributed by atoms with E-state index in [-0.39, 0.29) is 17.6 Å². The van der Waals surface area contributed by atoms with Crippen LogP contribution in [0.15, 0.2) is 72.4 Å². The predicted molar refractivity (Wildman–Crippen MR) is 130 cm³/mol. The number of aromatic nitrogens is 3. The topological polar surface area (TPSA) is 115 Å². The first kappa shape index (κ1) is 24.7. The van der Waals surface area contributed by atoms with Crippen molar-refractivity contribution in [2.75, 3.05) is 18.2 Å². The number of rotatable bonds is 10. The SMILES string of the molecule is C=CCn1c(SCC(=O)Nc2ccc(C(=O)OC)cc2)nnc1[C@H](C)NC(=O)c1ccccc1. The van der Waals surface area contributed by atoms with Crippen LogP contribution in [0.4, 0.5) is 5.69 Å². The highest BCUT2D eigenvalue weighted by Crippen LogP contribution is 2.21. The highest BCUT2D eigenvalue weighted by atomic mass is 32.2. The van der Waals surface area contributed by atoms with Crippen molar-refractivity contribution in [3.63, 3.8) is 0 Å². The number of allylic oxidation sites excluding steroid dienone is 1. The summed E-state index contributed by atoms with van der Waals surface area (Å²) in [5.41, 5.74) is 1.51. The third-order valence-corrected chi connectivity index (χ3v) is 5.72. The molecule has 0 unspecified atom stereocenters. The second-order valence-electron chi connectivity index (χ2n) is 7.21. The molecule has 1 aromatic heterocycles. The number of carbonyl (C=O) groups is 3. The van der Waals surface area contributed by atoms with Crippen LogP contribution in [0.5, 0.6) is 0 Å². The molecule has 0 fully saturated rings. The van der Waals surface area contributed by atoms with Crippen molar-refractivity contribution in [1.29, 1.82) is 0 Å². The Bertz CT molecular complexity index is 1160. The van der Waals surface area contributed by atoms with Crippen LogP contribution in [0.25, 0.3) is 0 Å². The number of esters is 1. The Hall–Kier alpha value is -3.92. The number of thioether (sulfide) groups is 1. The summed E-state index contributed by atoms with van der Waals surface area (Å²) in [7, 11) is 1.31. The van der Waals surface area contributed by atoms with Gasteiger partial charge in [-0.2, -0.15) is 0 Å². The Morgan fingerprint density at radius 1 is 1.09 bits per heavy atom. The van der Waals surface area contributed by atoms with Crippen molar-refractivity contribution >= 4 is 35.2 Å². The Morgan fingerprint density at radius 3 is 2.44 bits per heavy atom. The fourth-order valence-electron chi connectivity index (χ4n) is 3.10. The number of methoxy groups -OCH3 is 1. The second-order valence-corrected chi connectivity index (χ2v) is 8.15. The first-order chi connectivity index (χ1) is 16.4. The number of amides is 2. The summed E-state index contributed by atoms with van der Waals surface area (Å²) in [6.07, 6.45) is 1.70. The quantitative estimate of drug-likeness (QED) is 0.260. The van der Waals surface area contributed by atoms with Crippen molar-refractivity contribution in [3.8, 4) is 0 Å². The maximum Gasteiger partial charge on any atom is 0.337 e. The van der Waals surface area contributed by atoms with Gasteiger partial charge in [0, 0.05) is 17.8 Å². The van der Waals surface area contributed by atoms with Gasteiger partial charge in [0.25, 0.3) is 5.91 Å². The molecular formula is C24H25N5O4S. The third kappa shape index (κ3) is 6.32. The van der Waals surface area contributed by atoms with E-state index in [2.05, 4.69) is 32.1 Å². The zero-order valence-electron chi connectivity index (χ0n) is 18.9. The Balaban J connectivity index is 1.62. The average Bonchev–Trinajstić information content (AvgIpc) is 3.26. The molecule has 1 atom stereocenters. The van der Waals surface area contributed by atoms with Crippen LogP contribution < -0.4 is 10.6 Å². The maximum atomic E-state index is 12.5. The van der Waals surface area contributed by atoms with E-state index in [0.29, 0.717) is 34.3 Å². The van der Waals surface area contributed by atoms with Crippen molar-refractivity contribution in [2.24, 2.45) is 0 Å². The molecule has 1 heterocycles. The van der Waals surface area contributed by atoms with Crippen LogP contribution in [-0.2, 0) is 16.1 Å². The number of anilines is 1. The normalized spacial score (nSPS) is 11.4. The summed E-state index contributed by atoms with van der Waals surface area (Å²) >= 11 is 1.22. The largest absolute Gasteiger partial charge is 0.465 e. The molecule has 0 bridgehead atoms. The second kappa shape index (κ2) is 11.8. The van der Waals surface area contributed by atoms with Gasteiger partial charge >= 0.3 is 5.97 Å². The molecule has 10 heteroatoms. The van der Waals surface area contributed by atoms with Gasteiger partial charge < -0.3 is 19.9 Å². The summed E-state index contributed by atoms with van der Waals surface area (Å²) in [5.74, 6) is -0.242. The van der Waals surface area contributed by atoms with E-state index in [1.165, 1.54) is 18.9 Å². The standard InChI is InChI=1S/C24H25N5O4S/c1-4-14-29-21(16(2)25-22(31)17-8-6-5-7-9-17)27-28-24(29)34-15-20(30)26-19-12-10-18(11-13-19)23(32)33-3/h4-13,16H,1,14-15H2,2-3H3,(H,25,31)(H,26,30)/t16-/m0/s1. The lowest BCUT2D eigenvalue weighted by molar-refractivity contribution is -0.113. The van der Waals surface area contributed by atoms with Crippen LogP contribution >= 0.6 is 11.8 Å². The lowest BCUT2D eigenvalue weighted by Crippen LogP contribution is -2.28. The average molecular weight is 480 g/mol. The summed E-state index contributed by atoms with van der Waals surface area (Å²) in [6.45, 7) is 6.02. The molecule has 0 aliphatic carbocycles. The van der Waals surface area contributed by atoms with Crippen molar-refractivity contribution in [1.82, 2.24) is 20.1 Å². The fourth-order valence-corrected chi connectivity index (χ4v) is 3.85. The van der Waals surface area contributed by atoms with E-state index in [1.807, 2.05) is 17.6 Å². The van der Waals surface area contributed by atoms with Gasteiger partial charge in [-0.1, -0.05) is 36.0 Å². The number of benzene rings is 2. The molecule has 34 heavy (non-hydrogen) atoms. The summed E-state index contributed by atoms with van der Waals surface area (Å²) in [6, 6.07) is 14.9. The lowest BCUT2D eigenvalue weighted by Gasteiger charge is -2.15. The monoisotopic (exact) mass is 479 g/mol. The smallest absolute Gasteiger partial charge is 0.337 e. The van der Waals surface area contributed by atoms with Gasteiger partial charge in [-0.05, 0) is 43.3 Å². The molecule has 3 rings (SSSR count). The highest BCUT2D eigenvalue weighted by Gasteiger charge is 2.20. The molecular weight excluding hydrogens is 454 g/mol. The molecule has 2 aromatic carbocycles. The van der Waals surface area contributed by atoms with Crippen molar-refractivity contribution < 1.29 is 19.1 Å². The van der Waals surface area contributed by atoms with Gasteiger partial charge in [-0.3, -0.25) is 9.59 Å². The van der Waals surface area contributed by atoms with E-state index < -0.39 is 12.0 Å². The third-order valence-electron chi connectivity index (χ3n) is 4.75. The molecule has 2 N–H and O–H groups in total. The van der Waals surface area contributed by atoms with Gasteiger partial charge in [0.05, 0.1) is 24.5 Å². The Labute approximate surface area is 201 Å². The number of nitrogens with one attached hydrogen (secondary N) is 2. The maximum absolute atomic E-state index is 12.5. The summed E-state index contributed by atoms with van der Waals surface area (Å²) < 4.78 is 6.47. The fraction of sp³-hybridized carbons (Fsp3) is 0.208. The van der Waals surface area contributed by atoms with E-state index >= 15 is 0 Å². The van der Waals surface area contributed by atoms with Gasteiger partial charge in [0.2, 0.25) is 5.91 Å². The minimum atomic E-state index is -0.444. The number of ether oxygens (including phenoxy) is 1. The first-order valence-electron chi connectivity index (χ1n) is 10.4. The molecule has 0 saturated heterocycles. The molecule has 3 aromatic rings. The van der Waals surface area contributed by atoms with E-state index in [1.54, 1.807) is 54.6 Å². The van der Waals surface area contributed by atoms with E-state index in [4.69, 9.17) is 0 Å². The number of hydrogen-bond donors (Lipinski definition) is 2. The van der Waals surface area contributed by atoms with Crippen LogP contribution in [-0.4, -0.2) is 45.4 Å². The Kier molecular flexibility index (Phi) is 8.58. The molecule has 0 spiro atoms. The van der Waals surface area contributed by atoms with Crippen LogP contribution in [0.3, 0.4) is 0 Å². The number of hydrogen-bond acceptors (Lipinski definition) is 7. The molecule has 0 radical (unpaired) electrons. The Morgan fingerprint density at radius 2 is 1.79 bits per heavy atom. The van der Waals surface area contributed by atoms with Gasteiger partial charge in [-0.15, -0.1) is 16.8 Å². The van der Waals surface area contributed by atoms with E-state index in [9.17, 15) is 14.4 Å². The van der Waals surface area contributed by atoms with Crippen molar-refractivity contribution in [2.45, 2.75) is 24.7 Å². The molecule has 176 valence electrons. The van der Waals surface area contributed by atoms with Gasteiger partial charge in [0.15, 0.2) is 11.0 Å². The van der Waals surface area contributed by atoms with Crippen LogP contribution in [0.2, 0.25) is 0 Å². The number of nitrogens with zero attached hydrogens (tertiary/aromatic N) is 3. The first-order valence-corrected chi connectivity index (χ1v) is 11.4. The summed E-state index contributed by atoms with van der Waals surface area (Å²) in [4.78, 5) is 36.4. The molecule has 9 nitrogen and oxygen atoms in total. The van der Waals surface area contributed by atoms with Crippen LogP contribution in [0.1, 0.15) is 39.5 Å². The highest BCUT2D eigenvalue weighted by molar-refractivity contribution is 7.99. The molecule has 0 aliphatic rings. The lowest BCUT2D eigenvalue weighted by atomic mass is 10.2. The molecule has 0 saturated carbocycles. The van der Waals surface area contributed by atoms with E-state index in [0.717, 1.165) is 0 Å². The molecule has 2 amide bonds.